The summed E-state index contributed by atoms with van der Waals surface area (Å²) in [6, 6.07) is 18.4. The van der Waals surface area contributed by atoms with Crippen LogP contribution in [0.25, 0.3) is 21.7 Å². The predicted molar refractivity (Wildman–Crippen MR) is 91.9 cm³/mol. The second-order valence-electron chi connectivity index (χ2n) is 5.78. The molecule has 0 saturated carbocycles. The van der Waals surface area contributed by atoms with Crippen molar-refractivity contribution in [2.24, 2.45) is 0 Å². The van der Waals surface area contributed by atoms with Crippen LogP contribution in [0.2, 0.25) is 0 Å². The largest absolute Gasteiger partial charge is 0.478 e. The van der Waals surface area contributed by atoms with Gasteiger partial charge >= 0.3 is 5.97 Å². The lowest BCUT2D eigenvalue weighted by atomic mass is 10.0. The third kappa shape index (κ3) is 2.33. The first-order valence-electron chi connectivity index (χ1n) is 7.62. The first-order chi connectivity index (χ1) is 11.6. The van der Waals surface area contributed by atoms with E-state index in [2.05, 4.69) is 0 Å². The van der Waals surface area contributed by atoms with E-state index in [4.69, 9.17) is 0 Å². The first kappa shape index (κ1) is 14.5. The van der Waals surface area contributed by atoms with Crippen LogP contribution in [0.5, 0.6) is 0 Å². The van der Waals surface area contributed by atoms with E-state index < -0.39 is 11.8 Å². The monoisotopic (exact) mass is 319 g/mol. The fourth-order valence-electron chi connectivity index (χ4n) is 3.18. The Balaban J connectivity index is 1.89. The van der Waals surface area contributed by atoms with E-state index in [0.717, 1.165) is 16.3 Å². The van der Waals surface area contributed by atoms with Crippen LogP contribution in [0, 0.1) is 5.82 Å². The van der Waals surface area contributed by atoms with Crippen molar-refractivity contribution in [3.05, 3.63) is 83.8 Å². The summed E-state index contributed by atoms with van der Waals surface area (Å²) >= 11 is 0. The molecule has 3 aromatic carbocycles. The molecule has 3 nitrogen and oxygen atoms in total. The molecule has 0 aliphatic rings. The number of nitrogens with zero attached hydrogens (tertiary/aromatic N) is 1. The smallest absolute Gasteiger partial charge is 0.337 e. The molecule has 0 bridgehead atoms. The molecule has 0 radical (unpaired) electrons. The van der Waals surface area contributed by atoms with Gasteiger partial charge in [-0.05, 0) is 34.5 Å². The normalized spacial score (nSPS) is 11.2. The van der Waals surface area contributed by atoms with E-state index in [9.17, 15) is 14.3 Å². The SMILES string of the molecule is O=C(O)c1cn(Cc2cccc3ccccc23)c2ccc(F)cc12. The van der Waals surface area contributed by atoms with E-state index in [1.54, 1.807) is 12.3 Å². The molecule has 118 valence electrons. The lowest BCUT2D eigenvalue weighted by molar-refractivity contribution is 0.0699. The lowest BCUT2D eigenvalue weighted by Gasteiger charge is -2.09. The van der Waals surface area contributed by atoms with Gasteiger partial charge in [0.05, 0.1) is 5.56 Å². The molecule has 24 heavy (non-hydrogen) atoms. The van der Waals surface area contributed by atoms with Crippen molar-refractivity contribution in [1.82, 2.24) is 4.57 Å². The molecular formula is C20H14FNO2. The molecule has 4 aromatic rings. The zero-order chi connectivity index (χ0) is 16.7. The number of benzene rings is 3. The van der Waals surface area contributed by atoms with Crippen LogP contribution in [0.15, 0.2) is 66.9 Å². The Kier molecular flexibility index (Phi) is 3.31. The summed E-state index contributed by atoms with van der Waals surface area (Å²) in [7, 11) is 0. The maximum Gasteiger partial charge on any atom is 0.337 e. The summed E-state index contributed by atoms with van der Waals surface area (Å²) in [6.07, 6.45) is 1.58. The zero-order valence-electron chi connectivity index (χ0n) is 12.7. The molecule has 1 heterocycles. The molecular weight excluding hydrogens is 305 g/mol. The standard InChI is InChI=1S/C20H14FNO2/c21-15-8-9-19-17(10-15)18(20(23)24)12-22(19)11-14-6-3-5-13-4-1-2-7-16(13)14/h1-10,12H,11H2,(H,23,24). The number of aromatic nitrogens is 1. The Morgan fingerprint density at radius 1 is 1.00 bits per heavy atom. The molecule has 4 heteroatoms. The molecule has 0 unspecified atom stereocenters. The van der Waals surface area contributed by atoms with Crippen LogP contribution < -0.4 is 0 Å². The van der Waals surface area contributed by atoms with E-state index in [1.807, 2.05) is 47.0 Å². The number of carboxylic acid groups (broad SMARTS) is 1. The number of carboxylic acids is 1. The number of carbonyl (C=O) groups is 1. The predicted octanol–water partition coefficient (Wildman–Crippen LogP) is 4.68. The number of hydrogen-bond donors (Lipinski definition) is 1. The minimum atomic E-state index is -1.05. The van der Waals surface area contributed by atoms with Crippen LogP contribution >= 0.6 is 0 Å². The second kappa shape index (κ2) is 5.49. The van der Waals surface area contributed by atoms with Gasteiger partial charge in [0.25, 0.3) is 0 Å². The van der Waals surface area contributed by atoms with Crippen LogP contribution in [0.3, 0.4) is 0 Å². The van der Waals surface area contributed by atoms with Gasteiger partial charge in [0, 0.05) is 23.6 Å². The van der Waals surface area contributed by atoms with Crippen molar-refractivity contribution >= 4 is 27.6 Å². The van der Waals surface area contributed by atoms with Gasteiger partial charge in [-0.3, -0.25) is 0 Å². The Hall–Kier alpha value is -3.14. The summed E-state index contributed by atoms with van der Waals surface area (Å²) in [5.41, 5.74) is 1.91. The zero-order valence-corrected chi connectivity index (χ0v) is 12.7. The van der Waals surface area contributed by atoms with Gasteiger partial charge in [-0.1, -0.05) is 42.5 Å². The molecule has 0 aliphatic heterocycles. The summed E-state index contributed by atoms with van der Waals surface area (Å²) in [6.45, 7) is 0.525. The van der Waals surface area contributed by atoms with Gasteiger partial charge in [0.2, 0.25) is 0 Å². The van der Waals surface area contributed by atoms with Gasteiger partial charge in [0.1, 0.15) is 5.82 Å². The Morgan fingerprint density at radius 2 is 1.79 bits per heavy atom. The summed E-state index contributed by atoms with van der Waals surface area (Å²) in [5, 5.41) is 12.1. The molecule has 0 aliphatic carbocycles. The highest BCUT2D eigenvalue weighted by atomic mass is 19.1. The van der Waals surface area contributed by atoms with Crippen LogP contribution in [-0.4, -0.2) is 15.6 Å². The lowest BCUT2D eigenvalue weighted by Crippen LogP contribution is -1.99. The highest BCUT2D eigenvalue weighted by Gasteiger charge is 2.15. The minimum absolute atomic E-state index is 0.115. The molecule has 1 N–H and O–H groups in total. The summed E-state index contributed by atoms with van der Waals surface area (Å²) in [5.74, 6) is -1.49. The molecule has 0 fully saturated rings. The Labute approximate surface area is 137 Å². The fraction of sp³-hybridized carbons (Fsp3) is 0.0500. The van der Waals surface area contributed by atoms with Crippen LogP contribution in [0.1, 0.15) is 15.9 Å². The first-order valence-corrected chi connectivity index (χ1v) is 7.62. The quantitative estimate of drug-likeness (QED) is 0.596. The van der Waals surface area contributed by atoms with Crippen LogP contribution in [-0.2, 0) is 6.54 Å². The summed E-state index contributed by atoms with van der Waals surface area (Å²) < 4.78 is 15.4. The van der Waals surface area contributed by atoms with Crippen molar-refractivity contribution in [2.75, 3.05) is 0 Å². The van der Waals surface area contributed by atoms with E-state index in [-0.39, 0.29) is 5.56 Å². The Morgan fingerprint density at radius 3 is 2.62 bits per heavy atom. The highest BCUT2D eigenvalue weighted by Crippen LogP contribution is 2.26. The number of hydrogen-bond acceptors (Lipinski definition) is 1. The average Bonchev–Trinajstić information content (AvgIpc) is 2.93. The average molecular weight is 319 g/mol. The van der Waals surface area contributed by atoms with Crippen molar-refractivity contribution in [3.8, 4) is 0 Å². The van der Waals surface area contributed by atoms with Gasteiger partial charge in [-0.2, -0.15) is 0 Å². The van der Waals surface area contributed by atoms with E-state index in [1.165, 1.54) is 12.1 Å². The summed E-state index contributed by atoms with van der Waals surface area (Å²) in [4.78, 5) is 11.5. The van der Waals surface area contributed by atoms with Crippen molar-refractivity contribution < 1.29 is 14.3 Å². The number of aromatic carboxylic acids is 1. The van der Waals surface area contributed by atoms with Gasteiger partial charge < -0.3 is 9.67 Å². The fourth-order valence-corrected chi connectivity index (χ4v) is 3.18. The second-order valence-corrected chi connectivity index (χ2v) is 5.78. The van der Waals surface area contributed by atoms with Crippen molar-refractivity contribution in [2.45, 2.75) is 6.54 Å². The molecule has 0 amide bonds. The number of halogens is 1. The third-order valence-corrected chi connectivity index (χ3v) is 4.29. The van der Waals surface area contributed by atoms with E-state index >= 15 is 0 Å². The molecule has 0 atom stereocenters. The molecule has 0 spiro atoms. The molecule has 1 aromatic heterocycles. The van der Waals surface area contributed by atoms with Gasteiger partial charge in [-0.15, -0.1) is 0 Å². The van der Waals surface area contributed by atoms with Crippen molar-refractivity contribution in [3.63, 3.8) is 0 Å². The van der Waals surface area contributed by atoms with Gasteiger partial charge in [0.15, 0.2) is 0 Å². The van der Waals surface area contributed by atoms with Crippen LogP contribution in [0.4, 0.5) is 4.39 Å². The Bertz CT molecular complexity index is 1080. The third-order valence-electron chi connectivity index (χ3n) is 4.29. The maximum atomic E-state index is 13.5. The van der Waals surface area contributed by atoms with Crippen molar-refractivity contribution in [1.29, 1.82) is 0 Å². The number of rotatable bonds is 3. The highest BCUT2D eigenvalue weighted by molar-refractivity contribution is 6.03. The maximum absolute atomic E-state index is 13.5. The molecule has 0 saturated heterocycles. The van der Waals surface area contributed by atoms with Gasteiger partial charge in [-0.25, -0.2) is 9.18 Å². The molecule has 4 rings (SSSR count). The number of fused-ring (bicyclic) bond motifs is 2. The topological polar surface area (TPSA) is 42.2 Å². The van der Waals surface area contributed by atoms with E-state index in [0.29, 0.717) is 17.4 Å². The minimum Gasteiger partial charge on any atom is -0.478 e.